The fourth-order valence-corrected chi connectivity index (χ4v) is 1.92. The molecule has 0 aromatic carbocycles. The van der Waals surface area contributed by atoms with Gasteiger partial charge in [-0.05, 0) is 12.8 Å². The summed E-state index contributed by atoms with van der Waals surface area (Å²) in [5.74, 6) is 0.810. The van der Waals surface area contributed by atoms with Crippen LogP contribution in [0, 0.1) is 0 Å². The van der Waals surface area contributed by atoms with Crippen LogP contribution in [0.25, 0.3) is 0 Å². The third-order valence-corrected chi connectivity index (χ3v) is 2.92. The van der Waals surface area contributed by atoms with Gasteiger partial charge in [-0.15, -0.1) is 0 Å². The Bertz CT molecular complexity index is 311. The van der Waals surface area contributed by atoms with E-state index < -0.39 is 0 Å². The SMILES string of the molecule is CCC(CC)N(CCO)c1cnc(CN)cn1. The maximum atomic E-state index is 9.13. The van der Waals surface area contributed by atoms with Gasteiger partial charge in [0.05, 0.1) is 24.7 Å². The zero-order valence-corrected chi connectivity index (χ0v) is 10.6. The molecule has 0 aliphatic rings. The summed E-state index contributed by atoms with van der Waals surface area (Å²) in [5, 5.41) is 9.13. The summed E-state index contributed by atoms with van der Waals surface area (Å²) in [6.07, 6.45) is 5.48. The quantitative estimate of drug-likeness (QED) is 0.739. The summed E-state index contributed by atoms with van der Waals surface area (Å²) in [4.78, 5) is 10.7. The minimum atomic E-state index is 0.122. The van der Waals surface area contributed by atoms with Crippen LogP contribution in [0.1, 0.15) is 32.4 Å². The average Bonchev–Trinajstić information content (AvgIpc) is 2.39. The van der Waals surface area contributed by atoms with Crippen molar-refractivity contribution in [1.82, 2.24) is 9.97 Å². The van der Waals surface area contributed by atoms with Crippen LogP contribution in [0.4, 0.5) is 5.82 Å². The van der Waals surface area contributed by atoms with Crippen LogP contribution < -0.4 is 10.6 Å². The monoisotopic (exact) mass is 238 g/mol. The molecule has 0 atom stereocenters. The third kappa shape index (κ3) is 3.64. The number of aromatic nitrogens is 2. The van der Waals surface area contributed by atoms with E-state index in [4.69, 9.17) is 10.8 Å². The highest BCUT2D eigenvalue weighted by atomic mass is 16.3. The van der Waals surface area contributed by atoms with Crippen LogP contribution in [0.15, 0.2) is 12.4 Å². The molecule has 0 spiro atoms. The summed E-state index contributed by atoms with van der Waals surface area (Å²) in [6, 6.07) is 0.389. The van der Waals surface area contributed by atoms with Crippen LogP contribution in [-0.2, 0) is 6.54 Å². The fraction of sp³-hybridized carbons (Fsp3) is 0.667. The lowest BCUT2D eigenvalue weighted by molar-refractivity contribution is 0.295. The summed E-state index contributed by atoms with van der Waals surface area (Å²) in [7, 11) is 0. The molecular weight excluding hydrogens is 216 g/mol. The van der Waals surface area contributed by atoms with E-state index in [2.05, 4.69) is 28.7 Å². The van der Waals surface area contributed by atoms with Crippen molar-refractivity contribution in [2.45, 2.75) is 39.3 Å². The summed E-state index contributed by atoms with van der Waals surface area (Å²) in [6.45, 7) is 5.39. The zero-order chi connectivity index (χ0) is 12.7. The highest BCUT2D eigenvalue weighted by Gasteiger charge is 2.16. The van der Waals surface area contributed by atoms with Gasteiger partial charge in [0.1, 0.15) is 5.82 Å². The van der Waals surface area contributed by atoms with Gasteiger partial charge in [-0.2, -0.15) is 0 Å². The van der Waals surface area contributed by atoms with Crippen LogP contribution >= 0.6 is 0 Å². The van der Waals surface area contributed by atoms with Gasteiger partial charge in [0, 0.05) is 19.1 Å². The molecule has 1 rings (SSSR count). The largest absolute Gasteiger partial charge is 0.395 e. The highest BCUT2D eigenvalue weighted by molar-refractivity contribution is 5.37. The minimum Gasteiger partial charge on any atom is -0.395 e. The second-order valence-corrected chi connectivity index (χ2v) is 3.96. The zero-order valence-electron chi connectivity index (χ0n) is 10.6. The number of aliphatic hydroxyl groups is 1. The molecule has 0 amide bonds. The molecule has 96 valence electrons. The van der Waals surface area contributed by atoms with Crippen molar-refractivity contribution in [1.29, 1.82) is 0 Å². The van der Waals surface area contributed by atoms with Crippen molar-refractivity contribution in [3.05, 3.63) is 18.1 Å². The Morgan fingerprint density at radius 3 is 2.41 bits per heavy atom. The fourth-order valence-electron chi connectivity index (χ4n) is 1.92. The van der Waals surface area contributed by atoms with Crippen LogP contribution in [0.2, 0.25) is 0 Å². The smallest absolute Gasteiger partial charge is 0.147 e. The van der Waals surface area contributed by atoms with Crippen LogP contribution in [0.3, 0.4) is 0 Å². The van der Waals surface area contributed by atoms with Crippen molar-refractivity contribution >= 4 is 5.82 Å². The molecule has 5 nitrogen and oxygen atoms in total. The predicted molar refractivity (Wildman–Crippen MR) is 68.7 cm³/mol. The van der Waals surface area contributed by atoms with Crippen molar-refractivity contribution in [2.24, 2.45) is 5.73 Å². The number of hydrogen-bond acceptors (Lipinski definition) is 5. The second kappa shape index (κ2) is 7.19. The normalized spacial score (nSPS) is 10.9. The summed E-state index contributed by atoms with van der Waals surface area (Å²) < 4.78 is 0. The standard InChI is InChI=1S/C12H22N4O/c1-3-11(4-2)16(5-6-17)12-9-14-10(7-13)8-15-12/h8-9,11,17H,3-7,13H2,1-2H3. The predicted octanol–water partition coefficient (Wildman–Crippen LogP) is 0.923. The van der Waals surface area contributed by atoms with Gasteiger partial charge in [0.25, 0.3) is 0 Å². The summed E-state index contributed by atoms with van der Waals surface area (Å²) in [5.41, 5.74) is 6.27. The Hall–Kier alpha value is -1.20. The lowest BCUT2D eigenvalue weighted by atomic mass is 10.1. The summed E-state index contributed by atoms with van der Waals surface area (Å²) >= 11 is 0. The molecule has 3 N–H and O–H groups in total. The molecule has 0 saturated heterocycles. The first-order valence-corrected chi connectivity index (χ1v) is 6.15. The number of anilines is 1. The molecule has 0 unspecified atom stereocenters. The third-order valence-electron chi connectivity index (χ3n) is 2.92. The Kier molecular flexibility index (Phi) is 5.86. The molecular formula is C12H22N4O. The van der Waals surface area contributed by atoms with Gasteiger partial charge in [0.2, 0.25) is 0 Å². The topological polar surface area (TPSA) is 75.3 Å². The van der Waals surface area contributed by atoms with E-state index in [9.17, 15) is 0 Å². The van der Waals surface area contributed by atoms with Gasteiger partial charge in [0.15, 0.2) is 0 Å². The average molecular weight is 238 g/mol. The second-order valence-electron chi connectivity index (χ2n) is 3.96. The van der Waals surface area contributed by atoms with Gasteiger partial charge in [-0.1, -0.05) is 13.8 Å². The van der Waals surface area contributed by atoms with E-state index in [1.165, 1.54) is 0 Å². The van der Waals surface area contributed by atoms with Gasteiger partial charge < -0.3 is 15.7 Å². The molecule has 17 heavy (non-hydrogen) atoms. The lowest BCUT2D eigenvalue weighted by Crippen LogP contribution is -2.37. The molecule has 1 heterocycles. The first-order valence-electron chi connectivity index (χ1n) is 6.15. The van der Waals surface area contributed by atoms with Crippen molar-refractivity contribution in [3.63, 3.8) is 0 Å². The lowest BCUT2D eigenvalue weighted by Gasteiger charge is -2.30. The molecule has 0 aliphatic carbocycles. The Labute approximate surface area is 103 Å². The number of hydrogen-bond donors (Lipinski definition) is 2. The molecule has 1 aromatic rings. The molecule has 0 radical (unpaired) electrons. The number of aliphatic hydroxyl groups excluding tert-OH is 1. The van der Waals surface area contributed by atoms with Gasteiger partial charge in [-0.3, -0.25) is 4.98 Å². The van der Waals surface area contributed by atoms with Crippen molar-refractivity contribution in [2.75, 3.05) is 18.1 Å². The number of nitrogens with zero attached hydrogens (tertiary/aromatic N) is 3. The minimum absolute atomic E-state index is 0.122. The molecule has 0 saturated carbocycles. The maximum absolute atomic E-state index is 9.13. The molecule has 0 bridgehead atoms. The molecule has 0 aliphatic heterocycles. The van der Waals surface area contributed by atoms with E-state index in [-0.39, 0.29) is 6.61 Å². The van der Waals surface area contributed by atoms with Crippen LogP contribution in [-0.4, -0.2) is 34.3 Å². The van der Waals surface area contributed by atoms with Crippen LogP contribution in [0.5, 0.6) is 0 Å². The molecule has 0 fully saturated rings. The first kappa shape index (κ1) is 13.9. The Morgan fingerprint density at radius 2 is 2.00 bits per heavy atom. The highest BCUT2D eigenvalue weighted by Crippen LogP contribution is 2.16. The number of nitrogens with two attached hydrogens (primary N) is 1. The van der Waals surface area contributed by atoms with Crippen molar-refractivity contribution in [3.8, 4) is 0 Å². The van der Waals surface area contributed by atoms with Crippen molar-refractivity contribution < 1.29 is 5.11 Å². The molecule has 1 aromatic heterocycles. The number of rotatable bonds is 7. The van der Waals surface area contributed by atoms with E-state index in [1.54, 1.807) is 12.4 Å². The molecule has 5 heteroatoms. The first-order chi connectivity index (χ1) is 8.26. The Balaban J connectivity index is 2.87. The van der Waals surface area contributed by atoms with E-state index in [0.717, 1.165) is 24.4 Å². The van der Waals surface area contributed by atoms with Gasteiger partial charge >= 0.3 is 0 Å². The van der Waals surface area contributed by atoms with E-state index in [1.807, 2.05) is 0 Å². The van der Waals surface area contributed by atoms with E-state index in [0.29, 0.717) is 19.1 Å². The maximum Gasteiger partial charge on any atom is 0.147 e. The van der Waals surface area contributed by atoms with Gasteiger partial charge in [-0.25, -0.2) is 4.98 Å². The Morgan fingerprint density at radius 1 is 1.29 bits per heavy atom. The van der Waals surface area contributed by atoms with E-state index >= 15 is 0 Å².